The zero-order valence-electron chi connectivity index (χ0n) is 18.2. The predicted octanol–water partition coefficient (Wildman–Crippen LogP) is 4.55. The van der Waals surface area contributed by atoms with Crippen molar-refractivity contribution in [3.8, 4) is 16.3 Å². The molecule has 0 unspecified atom stereocenters. The molecule has 0 saturated carbocycles. The van der Waals surface area contributed by atoms with Crippen LogP contribution in [0, 0.1) is 5.92 Å². The summed E-state index contributed by atoms with van der Waals surface area (Å²) in [6.45, 7) is 4.04. The lowest BCUT2D eigenvalue weighted by Gasteiger charge is -2.31. The summed E-state index contributed by atoms with van der Waals surface area (Å²) in [7, 11) is 0. The number of ether oxygens (including phenoxy) is 1. The number of carbonyl (C=O) groups is 1. The van der Waals surface area contributed by atoms with Crippen molar-refractivity contribution in [3.05, 3.63) is 58.4 Å². The SMILES string of the molecule is CCOC(=O)C1CCN(Cc2c(O)ccc3cc(-c4nc5ccccc5s4)c(=O)oc23)CC1. The standard InChI is InChI=1S/C25H24N2O5S/c1-2-31-24(29)15-9-11-27(12-10-15)14-18-20(28)8-7-16-13-17(25(30)32-22(16)18)23-26-19-5-3-4-6-21(19)33-23/h3-8,13,15,28H,2,9-12,14H2,1H3. The highest BCUT2D eigenvalue weighted by Gasteiger charge is 2.27. The number of likely N-dealkylation sites (tertiary alicyclic amines) is 1. The van der Waals surface area contributed by atoms with Gasteiger partial charge in [0.05, 0.1) is 33.9 Å². The minimum atomic E-state index is -0.477. The van der Waals surface area contributed by atoms with Gasteiger partial charge in [-0.05, 0) is 63.2 Å². The van der Waals surface area contributed by atoms with Gasteiger partial charge in [-0.1, -0.05) is 12.1 Å². The van der Waals surface area contributed by atoms with Crippen molar-refractivity contribution in [3.63, 3.8) is 0 Å². The number of rotatable bonds is 5. The van der Waals surface area contributed by atoms with E-state index in [1.807, 2.05) is 31.2 Å². The second-order valence-corrected chi connectivity index (χ2v) is 9.25. The van der Waals surface area contributed by atoms with Crippen LogP contribution in [0.5, 0.6) is 5.75 Å². The molecule has 0 radical (unpaired) electrons. The van der Waals surface area contributed by atoms with Crippen LogP contribution in [0.4, 0.5) is 0 Å². The molecule has 0 aliphatic carbocycles. The number of nitrogens with zero attached hydrogens (tertiary/aromatic N) is 2. The number of hydrogen-bond acceptors (Lipinski definition) is 8. The molecule has 8 heteroatoms. The Labute approximate surface area is 194 Å². The molecule has 7 nitrogen and oxygen atoms in total. The number of phenolic OH excluding ortho intramolecular Hbond substituents is 1. The summed E-state index contributed by atoms with van der Waals surface area (Å²) in [5.74, 6) is -0.138. The number of hydrogen-bond donors (Lipinski definition) is 1. The summed E-state index contributed by atoms with van der Waals surface area (Å²) in [5.41, 5.74) is 1.74. The molecule has 0 atom stereocenters. The fourth-order valence-corrected chi connectivity index (χ4v) is 5.30. The average molecular weight is 465 g/mol. The minimum absolute atomic E-state index is 0.0865. The van der Waals surface area contributed by atoms with E-state index in [-0.39, 0.29) is 17.6 Å². The predicted molar refractivity (Wildman–Crippen MR) is 127 cm³/mol. The Balaban J connectivity index is 1.43. The van der Waals surface area contributed by atoms with E-state index in [0.717, 1.165) is 15.6 Å². The van der Waals surface area contributed by atoms with E-state index in [0.29, 0.717) is 60.8 Å². The van der Waals surface area contributed by atoms with Gasteiger partial charge in [0.2, 0.25) is 0 Å². The lowest BCUT2D eigenvalue weighted by molar-refractivity contribution is -0.149. The van der Waals surface area contributed by atoms with Crippen LogP contribution >= 0.6 is 11.3 Å². The van der Waals surface area contributed by atoms with Crippen LogP contribution in [0.15, 0.2) is 51.7 Å². The molecule has 1 saturated heterocycles. The Morgan fingerprint density at radius 1 is 1.24 bits per heavy atom. The molecule has 0 bridgehead atoms. The number of esters is 1. The van der Waals surface area contributed by atoms with Gasteiger partial charge in [0.15, 0.2) is 0 Å². The van der Waals surface area contributed by atoms with E-state index in [4.69, 9.17) is 9.15 Å². The second-order valence-electron chi connectivity index (χ2n) is 8.22. The van der Waals surface area contributed by atoms with Gasteiger partial charge in [-0.25, -0.2) is 9.78 Å². The average Bonchev–Trinajstić information content (AvgIpc) is 3.25. The Morgan fingerprint density at radius 2 is 2.03 bits per heavy atom. The molecule has 0 spiro atoms. The molecule has 33 heavy (non-hydrogen) atoms. The third-order valence-electron chi connectivity index (χ3n) is 6.09. The number of para-hydroxylation sites is 1. The molecule has 2 aromatic carbocycles. The van der Waals surface area contributed by atoms with Crippen molar-refractivity contribution < 1.29 is 19.1 Å². The van der Waals surface area contributed by atoms with Crippen LogP contribution in [0.25, 0.3) is 31.8 Å². The van der Waals surface area contributed by atoms with Gasteiger partial charge in [-0.2, -0.15) is 0 Å². The fourth-order valence-electron chi connectivity index (χ4n) is 4.33. The molecule has 5 rings (SSSR count). The lowest BCUT2D eigenvalue weighted by atomic mass is 9.96. The second kappa shape index (κ2) is 8.96. The summed E-state index contributed by atoms with van der Waals surface area (Å²) in [6.07, 6.45) is 1.41. The number of fused-ring (bicyclic) bond motifs is 2. The van der Waals surface area contributed by atoms with E-state index in [9.17, 15) is 14.7 Å². The van der Waals surface area contributed by atoms with Crippen molar-refractivity contribution in [2.24, 2.45) is 5.92 Å². The Hall–Kier alpha value is -3.23. The number of aromatic nitrogens is 1. The van der Waals surface area contributed by atoms with Crippen LogP contribution in [-0.4, -0.2) is 40.7 Å². The number of benzene rings is 2. The maximum Gasteiger partial charge on any atom is 0.346 e. The van der Waals surface area contributed by atoms with Crippen LogP contribution in [-0.2, 0) is 16.1 Å². The quantitative estimate of drug-likeness (QED) is 0.342. The largest absolute Gasteiger partial charge is 0.507 e. The van der Waals surface area contributed by atoms with Crippen LogP contribution in [0.1, 0.15) is 25.3 Å². The number of aromatic hydroxyl groups is 1. The summed E-state index contributed by atoms with van der Waals surface area (Å²) in [5, 5.41) is 11.9. The number of thiazole rings is 1. The van der Waals surface area contributed by atoms with E-state index in [1.54, 1.807) is 18.2 Å². The van der Waals surface area contributed by atoms with Crippen LogP contribution in [0.2, 0.25) is 0 Å². The van der Waals surface area contributed by atoms with Crippen LogP contribution < -0.4 is 5.63 Å². The number of piperidine rings is 1. The molecule has 1 aliphatic rings. The number of phenols is 1. The molecule has 1 N–H and O–H groups in total. The van der Waals surface area contributed by atoms with Gasteiger partial charge in [-0.3, -0.25) is 9.69 Å². The highest BCUT2D eigenvalue weighted by Crippen LogP contribution is 2.33. The van der Waals surface area contributed by atoms with Crippen molar-refractivity contribution in [2.75, 3.05) is 19.7 Å². The molecule has 4 aromatic rings. The lowest BCUT2D eigenvalue weighted by Crippen LogP contribution is -2.36. The molecule has 170 valence electrons. The maximum absolute atomic E-state index is 12.9. The molecule has 1 fully saturated rings. The summed E-state index contributed by atoms with van der Waals surface area (Å²) in [6, 6.07) is 12.9. The van der Waals surface area contributed by atoms with Crippen molar-refractivity contribution in [2.45, 2.75) is 26.3 Å². The number of carbonyl (C=O) groups excluding carboxylic acids is 1. The fraction of sp³-hybridized carbons (Fsp3) is 0.320. The molecule has 0 amide bonds. The van der Waals surface area contributed by atoms with Crippen molar-refractivity contribution >= 4 is 38.5 Å². The zero-order valence-corrected chi connectivity index (χ0v) is 19.1. The summed E-state index contributed by atoms with van der Waals surface area (Å²) < 4.78 is 11.9. The molecule has 2 aromatic heterocycles. The normalized spacial score (nSPS) is 15.3. The van der Waals surface area contributed by atoms with E-state index in [1.165, 1.54) is 11.3 Å². The monoisotopic (exact) mass is 464 g/mol. The minimum Gasteiger partial charge on any atom is -0.507 e. The van der Waals surface area contributed by atoms with Crippen LogP contribution in [0.3, 0.4) is 0 Å². The van der Waals surface area contributed by atoms with Gasteiger partial charge in [0.1, 0.15) is 16.3 Å². The summed E-state index contributed by atoms with van der Waals surface area (Å²) >= 11 is 1.45. The molecular weight excluding hydrogens is 440 g/mol. The zero-order chi connectivity index (χ0) is 22.9. The van der Waals surface area contributed by atoms with Gasteiger partial charge in [0, 0.05) is 11.9 Å². The maximum atomic E-state index is 12.9. The topological polar surface area (TPSA) is 92.9 Å². The highest BCUT2D eigenvalue weighted by atomic mass is 32.1. The first-order valence-electron chi connectivity index (χ1n) is 11.1. The highest BCUT2D eigenvalue weighted by molar-refractivity contribution is 7.21. The third kappa shape index (κ3) is 4.24. The Morgan fingerprint density at radius 3 is 2.79 bits per heavy atom. The molecule has 1 aliphatic heterocycles. The summed E-state index contributed by atoms with van der Waals surface area (Å²) in [4.78, 5) is 31.6. The van der Waals surface area contributed by atoms with Gasteiger partial charge < -0.3 is 14.3 Å². The van der Waals surface area contributed by atoms with E-state index < -0.39 is 5.63 Å². The smallest absolute Gasteiger partial charge is 0.346 e. The van der Waals surface area contributed by atoms with E-state index in [2.05, 4.69) is 9.88 Å². The van der Waals surface area contributed by atoms with Gasteiger partial charge in [0.25, 0.3) is 0 Å². The molecule has 3 heterocycles. The first-order chi connectivity index (χ1) is 16.0. The first-order valence-corrected chi connectivity index (χ1v) is 11.9. The van der Waals surface area contributed by atoms with E-state index >= 15 is 0 Å². The van der Waals surface area contributed by atoms with Crippen molar-refractivity contribution in [1.82, 2.24) is 9.88 Å². The van der Waals surface area contributed by atoms with Gasteiger partial charge >= 0.3 is 11.6 Å². The van der Waals surface area contributed by atoms with Gasteiger partial charge in [-0.15, -0.1) is 11.3 Å². The Bertz CT molecular complexity index is 1350. The van der Waals surface area contributed by atoms with Crippen molar-refractivity contribution in [1.29, 1.82) is 0 Å². The third-order valence-corrected chi connectivity index (χ3v) is 7.16. The Kier molecular flexibility index (Phi) is 5.86. The molecular formula is C25H24N2O5S. The first kappa shape index (κ1) is 21.6.